The Morgan fingerprint density at radius 3 is 2.48 bits per heavy atom. The van der Waals surface area contributed by atoms with Gasteiger partial charge >= 0.3 is 0 Å². The van der Waals surface area contributed by atoms with Crippen LogP contribution in [-0.4, -0.2) is 42.1 Å². The van der Waals surface area contributed by atoms with Crippen molar-refractivity contribution >= 4 is 22.1 Å². The van der Waals surface area contributed by atoms with E-state index in [4.69, 9.17) is 5.73 Å². The Hall–Kier alpha value is -1.81. The van der Waals surface area contributed by atoms with Crippen LogP contribution < -0.4 is 10.6 Å². The van der Waals surface area contributed by atoms with Gasteiger partial charge in [0.25, 0.3) is 0 Å². The van der Waals surface area contributed by atoms with Crippen LogP contribution in [-0.2, 0) is 0 Å². The van der Waals surface area contributed by atoms with E-state index >= 15 is 0 Å². The van der Waals surface area contributed by atoms with Crippen molar-refractivity contribution in [3.63, 3.8) is 0 Å². The molecule has 1 aliphatic heterocycles. The Kier molecular flexibility index (Phi) is 3.49. The van der Waals surface area contributed by atoms with Gasteiger partial charge in [0.05, 0.1) is 0 Å². The largest absolute Gasteiger partial charge is 0.398 e. The van der Waals surface area contributed by atoms with E-state index < -0.39 is 0 Å². The van der Waals surface area contributed by atoms with Crippen molar-refractivity contribution in [2.75, 3.05) is 30.8 Å². The van der Waals surface area contributed by atoms with Gasteiger partial charge in [-0.3, -0.25) is 9.88 Å². The number of hydrogen-bond acceptors (Lipinski definition) is 4. The number of benzene rings is 1. The standard InChI is InChI=1S/C17H24N4/c1-11-7-14-15(8-19-11)16(18)5-6-17(14)21-9-12(2)20(4)13(3)10-21/h5-8,12-13H,9-10,18H2,1-4H3. The van der Waals surface area contributed by atoms with Gasteiger partial charge in [0.1, 0.15) is 0 Å². The molecule has 0 radical (unpaired) electrons. The average molecular weight is 284 g/mol. The van der Waals surface area contributed by atoms with Gasteiger partial charge in [-0.1, -0.05) is 0 Å². The van der Waals surface area contributed by atoms with Gasteiger partial charge in [-0.15, -0.1) is 0 Å². The number of nitrogens with two attached hydrogens (primary N) is 1. The maximum Gasteiger partial charge on any atom is 0.0449 e. The number of fused-ring (bicyclic) bond motifs is 1. The second kappa shape index (κ2) is 5.19. The van der Waals surface area contributed by atoms with Gasteiger partial charge in [0.15, 0.2) is 0 Å². The molecule has 1 aromatic carbocycles. The molecule has 3 rings (SSSR count). The van der Waals surface area contributed by atoms with E-state index in [0.29, 0.717) is 12.1 Å². The highest BCUT2D eigenvalue weighted by Crippen LogP contribution is 2.32. The van der Waals surface area contributed by atoms with Crippen molar-refractivity contribution in [1.82, 2.24) is 9.88 Å². The summed E-state index contributed by atoms with van der Waals surface area (Å²) in [5.41, 5.74) is 9.22. The van der Waals surface area contributed by atoms with Crippen molar-refractivity contribution in [3.8, 4) is 0 Å². The summed E-state index contributed by atoms with van der Waals surface area (Å²) in [4.78, 5) is 9.32. The van der Waals surface area contributed by atoms with Gasteiger partial charge in [-0.05, 0) is 46.0 Å². The predicted octanol–water partition coefficient (Wildman–Crippen LogP) is 2.65. The molecule has 2 N–H and O–H groups in total. The Balaban J connectivity index is 2.08. The minimum atomic E-state index is 0.546. The van der Waals surface area contributed by atoms with Crippen LogP contribution in [0.4, 0.5) is 11.4 Å². The van der Waals surface area contributed by atoms with E-state index in [0.717, 1.165) is 29.9 Å². The first-order chi connectivity index (χ1) is 9.97. The van der Waals surface area contributed by atoms with Crippen LogP contribution in [0.2, 0.25) is 0 Å². The maximum atomic E-state index is 6.11. The Bertz CT molecular complexity index is 655. The molecule has 1 aliphatic rings. The number of hydrogen-bond donors (Lipinski definition) is 1. The van der Waals surface area contributed by atoms with Crippen molar-refractivity contribution in [2.45, 2.75) is 32.9 Å². The van der Waals surface area contributed by atoms with Crippen molar-refractivity contribution in [3.05, 3.63) is 30.1 Å². The summed E-state index contributed by atoms with van der Waals surface area (Å²) < 4.78 is 0. The average Bonchev–Trinajstić information content (AvgIpc) is 2.44. The molecule has 0 amide bonds. The number of nitrogen functional groups attached to an aromatic ring is 1. The van der Waals surface area contributed by atoms with Crippen molar-refractivity contribution < 1.29 is 0 Å². The lowest BCUT2D eigenvalue weighted by atomic mass is 10.0. The SMILES string of the molecule is Cc1cc2c(N3CC(C)N(C)C(C)C3)ccc(N)c2cn1. The predicted molar refractivity (Wildman–Crippen MR) is 89.8 cm³/mol. The molecule has 4 nitrogen and oxygen atoms in total. The highest BCUT2D eigenvalue weighted by Gasteiger charge is 2.27. The van der Waals surface area contributed by atoms with Gasteiger partial charge in [0.2, 0.25) is 0 Å². The summed E-state index contributed by atoms with van der Waals surface area (Å²) in [7, 11) is 2.21. The van der Waals surface area contributed by atoms with E-state index in [2.05, 4.69) is 47.8 Å². The molecule has 1 aromatic heterocycles. The van der Waals surface area contributed by atoms with E-state index in [-0.39, 0.29) is 0 Å². The molecule has 21 heavy (non-hydrogen) atoms. The molecule has 2 unspecified atom stereocenters. The monoisotopic (exact) mass is 284 g/mol. The lowest BCUT2D eigenvalue weighted by molar-refractivity contribution is 0.170. The van der Waals surface area contributed by atoms with Crippen LogP contribution in [0.5, 0.6) is 0 Å². The first-order valence-electron chi connectivity index (χ1n) is 7.59. The summed E-state index contributed by atoms with van der Waals surface area (Å²) >= 11 is 0. The summed E-state index contributed by atoms with van der Waals surface area (Å²) in [5.74, 6) is 0. The molecule has 1 fully saturated rings. The topological polar surface area (TPSA) is 45.4 Å². The molecule has 0 bridgehead atoms. The quantitative estimate of drug-likeness (QED) is 0.818. The molecular formula is C17H24N4. The molecule has 0 aliphatic carbocycles. The van der Waals surface area contributed by atoms with Crippen molar-refractivity contribution in [2.24, 2.45) is 0 Å². The van der Waals surface area contributed by atoms with Crippen LogP contribution in [0.25, 0.3) is 10.8 Å². The van der Waals surface area contributed by atoms with Crippen LogP contribution in [0.3, 0.4) is 0 Å². The van der Waals surface area contributed by atoms with E-state index in [1.54, 1.807) is 0 Å². The lowest BCUT2D eigenvalue weighted by Gasteiger charge is -2.43. The summed E-state index contributed by atoms with van der Waals surface area (Å²) in [5, 5.41) is 2.27. The van der Waals surface area contributed by atoms with Gasteiger partial charge < -0.3 is 10.6 Å². The van der Waals surface area contributed by atoms with E-state index in [1.807, 2.05) is 19.2 Å². The first kappa shape index (κ1) is 14.1. The highest BCUT2D eigenvalue weighted by molar-refractivity contribution is 6.01. The number of rotatable bonds is 1. The highest BCUT2D eigenvalue weighted by atomic mass is 15.3. The Morgan fingerprint density at radius 2 is 1.81 bits per heavy atom. The summed E-state index contributed by atoms with van der Waals surface area (Å²) in [6.45, 7) is 8.69. The molecule has 4 heteroatoms. The zero-order valence-corrected chi connectivity index (χ0v) is 13.3. The van der Waals surface area contributed by atoms with Crippen LogP contribution in [0.1, 0.15) is 19.5 Å². The third kappa shape index (κ3) is 2.44. The fourth-order valence-electron chi connectivity index (χ4n) is 3.23. The van der Waals surface area contributed by atoms with Crippen molar-refractivity contribution in [1.29, 1.82) is 0 Å². The number of aromatic nitrogens is 1. The van der Waals surface area contributed by atoms with Gasteiger partial charge in [-0.25, -0.2) is 0 Å². The van der Waals surface area contributed by atoms with Crippen LogP contribution in [0, 0.1) is 6.92 Å². The number of anilines is 2. The first-order valence-corrected chi connectivity index (χ1v) is 7.59. The number of aryl methyl sites for hydroxylation is 1. The lowest BCUT2D eigenvalue weighted by Crippen LogP contribution is -2.55. The second-order valence-corrected chi connectivity index (χ2v) is 6.31. The normalized spacial score (nSPS) is 23.7. The maximum absolute atomic E-state index is 6.11. The van der Waals surface area contributed by atoms with Gasteiger partial charge in [-0.2, -0.15) is 0 Å². The van der Waals surface area contributed by atoms with Crippen LogP contribution in [0.15, 0.2) is 24.4 Å². The molecular weight excluding hydrogens is 260 g/mol. The fourth-order valence-corrected chi connectivity index (χ4v) is 3.23. The minimum absolute atomic E-state index is 0.546. The Labute approximate surface area is 126 Å². The number of pyridine rings is 1. The third-order valence-corrected chi connectivity index (χ3v) is 4.75. The number of nitrogens with zero attached hydrogens (tertiary/aromatic N) is 3. The number of piperazine rings is 1. The Morgan fingerprint density at radius 1 is 1.14 bits per heavy atom. The molecule has 0 spiro atoms. The molecule has 2 atom stereocenters. The van der Waals surface area contributed by atoms with Gasteiger partial charge in [0, 0.05) is 59.2 Å². The third-order valence-electron chi connectivity index (χ3n) is 4.75. The smallest absolute Gasteiger partial charge is 0.0449 e. The molecule has 2 aromatic rings. The summed E-state index contributed by atoms with van der Waals surface area (Å²) in [6.07, 6.45) is 1.90. The zero-order chi connectivity index (χ0) is 15.1. The molecule has 112 valence electrons. The minimum Gasteiger partial charge on any atom is -0.398 e. The fraction of sp³-hybridized carbons (Fsp3) is 0.471. The molecule has 0 saturated carbocycles. The summed E-state index contributed by atoms with van der Waals surface area (Å²) in [6, 6.07) is 7.40. The van der Waals surface area contributed by atoms with E-state index in [9.17, 15) is 0 Å². The molecule has 2 heterocycles. The van der Waals surface area contributed by atoms with Crippen LogP contribution >= 0.6 is 0 Å². The van der Waals surface area contributed by atoms with E-state index in [1.165, 1.54) is 11.1 Å². The number of likely N-dealkylation sites (N-methyl/N-ethyl adjacent to an activating group) is 1. The molecule has 1 saturated heterocycles. The second-order valence-electron chi connectivity index (χ2n) is 6.31. The zero-order valence-electron chi connectivity index (χ0n) is 13.3.